The SMILES string of the molecule is N#Cc1ccc(Cn2cnc3ccc(Cl)cc32)cc1. The maximum Gasteiger partial charge on any atom is 0.0991 e. The van der Waals surface area contributed by atoms with Crippen molar-refractivity contribution in [1.82, 2.24) is 9.55 Å². The van der Waals surface area contributed by atoms with E-state index in [9.17, 15) is 0 Å². The predicted octanol–water partition coefficient (Wildman–Crippen LogP) is 3.61. The van der Waals surface area contributed by atoms with Gasteiger partial charge in [-0.2, -0.15) is 5.26 Å². The molecule has 0 amide bonds. The van der Waals surface area contributed by atoms with Gasteiger partial charge in [-0.25, -0.2) is 4.98 Å². The van der Waals surface area contributed by atoms with Crippen LogP contribution in [0, 0.1) is 11.3 Å². The molecule has 3 rings (SSSR count). The Kier molecular flexibility index (Phi) is 2.94. The predicted molar refractivity (Wildman–Crippen MR) is 75.0 cm³/mol. The van der Waals surface area contributed by atoms with E-state index >= 15 is 0 Å². The van der Waals surface area contributed by atoms with Gasteiger partial charge in [-0.15, -0.1) is 0 Å². The molecule has 1 heterocycles. The summed E-state index contributed by atoms with van der Waals surface area (Å²) in [4.78, 5) is 4.34. The summed E-state index contributed by atoms with van der Waals surface area (Å²) in [7, 11) is 0. The summed E-state index contributed by atoms with van der Waals surface area (Å²) in [5, 5.41) is 9.48. The van der Waals surface area contributed by atoms with Crippen molar-refractivity contribution in [3.8, 4) is 6.07 Å². The van der Waals surface area contributed by atoms with Gasteiger partial charge in [0, 0.05) is 11.6 Å². The Morgan fingerprint density at radius 3 is 2.68 bits per heavy atom. The van der Waals surface area contributed by atoms with Crippen molar-refractivity contribution in [1.29, 1.82) is 5.26 Å². The summed E-state index contributed by atoms with van der Waals surface area (Å²) < 4.78 is 2.04. The van der Waals surface area contributed by atoms with Gasteiger partial charge in [0.05, 0.1) is 29.0 Å². The summed E-state index contributed by atoms with van der Waals surface area (Å²) in [5.74, 6) is 0. The zero-order valence-corrected chi connectivity index (χ0v) is 10.8. The molecule has 0 aliphatic rings. The molecule has 1 aromatic heterocycles. The van der Waals surface area contributed by atoms with E-state index in [1.165, 1.54) is 0 Å². The lowest BCUT2D eigenvalue weighted by molar-refractivity contribution is 0.824. The number of rotatable bonds is 2. The summed E-state index contributed by atoms with van der Waals surface area (Å²) in [6.07, 6.45) is 1.80. The van der Waals surface area contributed by atoms with E-state index in [1.807, 2.05) is 47.0 Å². The average Bonchev–Trinajstić information content (AvgIpc) is 2.82. The van der Waals surface area contributed by atoms with Crippen LogP contribution in [0.1, 0.15) is 11.1 Å². The summed E-state index contributed by atoms with van der Waals surface area (Å²) in [6.45, 7) is 0.711. The Balaban J connectivity index is 1.96. The molecule has 3 aromatic rings. The van der Waals surface area contributed by atoms with Crippen molar-refractivity contribution in [2.24, 2.45) is 0 Å². The fourth-order valence-electron chi connectivity index (χ4n) is 2.04. The first-order valence-corrected chi connectivity index (χ1v) is 6.23. The molecular weight excluding hydrogens is 258 g/mol. The molecule has 19 heavy (non-hydrogen) atoms. The van der Waals surface area contributed by atoms with Crippen molar-refractivity contribution >= 4 is 22.6 Å². The zero-order valence-electron chi connectivity index (χ0n) is 10.0. The van der Waals surface area contributed by atoms with Gasteiger partial charge in [0.15, 0.2) is 0 Å². The van der Waals surface area contributed by atoms with E-state index in [0.29, 0.717) is 17.1 Å². The van der Waals surface area contributed by atoms with Gasteiger partial charge < -0.3 is 4.57 Å². The van der Waals surface area contributed by atoms with Crippen LogP contribution < -0.4 is 0 Å². The number of nitrogens with zero attached hydrogens (tertiary/aromatic N) is 3. The van der Waals surface area contributed by atoms with Crippen LogP contribution in [0.15, 0.2) is 48.8 Å². The minimum Gasteiger partial charge on any atom is -0.326 e. The van der Waals surface area contributed by atoms with Crippen LogP contribution in [0.5, 0.6) is 0 Å². The topological polar surface area (TPSA) is 41.6 Å². The normalized spacial score (nSPS) is 10.5. The smallest absolute Gasteiger partial charge is 0.0991 e. The minimum atomic E-state index is 0.669. The number of hydrogen-bond acceptors (Lipinski definition) is 2. The van der Waals surface area contributed by atoms with Crippen molar-refractivity contribution in [3.63, 3.8) is 0 Å². The second kappa shape index (κ2) is 4.75. The van der Waals surface area contributed by atoms with Gasteiger partial charge in [0.1, 0.15) is 0 Å². The molecule has 0 unspecified atom stereocenters. The molecule has 0 aliphatic carbocycles. The molecule has 0 saturated heterocycles. The molecule has 3 nitrogen and oxygen atoms in total. The maximum atomic E-state index is 8.78. The van der Waals surface area contributed by atoms with Crippen LogP contribution in [0.4, 0.5) is 0 Å². The summed E-state index contributed by atoms with van der Waals surface area (Å²) in [5.41, 5.74) is 3.73. The first-order chi connectivity index (χ1) is 9.26. The Labute approximate surface area is 115 Å². The van der Waals surface area contributed by atoms with Gasteiger partial charge >= 0.3 is 0 Å². The molecule has 0 fully saturated rings. The lowest BCUT2D eigenvalue weighted by Gasteiger charge is -2.05. The first-order valence-electron chi connectivity index (χ1n) is 5.86. The van der Waals surface area contributed by atoms with Crippen LogP contribution in [0.3, 0.4) is 0 Å². The molecule has 4 heteroatoms. The van der Waals surface area contributed by atoms with E-state index in [1.54, 1.807) is 6.33 Å². The number of nitriles is 1. The fourth-order valence-corrected chi connectivity index (χ4v) is 2.20. The zero-order chi connectivity index (χ0) is 13.2. The van der Waals surface area contributed by atoms with Crippen LogP contribution >= 0.6 is 11.6 Å². The number of fused-ring (bicyclic) bond motifs is 1. The average molecular weight is 268 g/mol. The van der Waals surface area contributed by atoms with Gasteiger partial charge in [0.25, 0.3) is 0 Å². The van der Waals surface area contributed by atoms with E-state index in [0.717, 1.165) is 16.6 Å². The van der Waals surface area contributed by atoms with E-state index in [4.69, 9.17) is 16.9 Å². The number of imidazole rings is 1. The number of hydrogen-bond donors (Lipinski definition) is 0. The van der Waals surface area contributed by atoms with Crippen LogP contribution in [-0.2, 0) is 6.54 Å². The Bertz CT molecular complexity index is 766. The number of aromatic nitrogens is 2. The second-order valence-electron chi connectivity index (χ2n) is 4.31. The largest absolute Gasteiger partial charge is 0.326 e. The minimum absolute atomic E-state index is 0.669. The molecular formula is C15H10ClN3. The van der Waals surface area contributed by atoms with Gasteiger partial charge in [0.2, 0.25) is 0 Å². The van der Waals surface area contributed by atoms with E-state index in [2.05, 4.69) is 11.1 Å². The molecule has 0 aliphatic heterocycles. The highest BCUT2D eigenvalue weighted by molar-refractivity contribution is 6.31. The van der Waals surface area contributed by atoms with Crippen LogP contribution in [0.25, 0.3) is 11.0 Å². The van der Waals surface area contributed by atoms with Gasteiger partial charge in [-0.1, -0.05) is 23.7 Å². The lowest BCUT2D eigenvalue weighted by Crippen LogP contribution is -1.97. The molecule has 0 N–H and O–H groups in total. The molecule has 92 valence electrons. The number of halogens is 1. The molecule has 2 aromatic carbocycles. The van der Waals surface area contributed by atoms with Crippen molar-refractivity contribution in [3.05, 3.63) is 64.9 Å². The highest BCUT2D eigenvalue weighted by Gasteiger charge is 2.04. The third-order valence-corrected chi connectivity index (χ3v) is 3.25. The molecule has 0 atom stereocenters. The summed E-state index contributed by atoms with van der Waals surface area (Å²) in [6, 6.07) is 15.3. The quantitative estimate of drug-likeness (QED) is 0.712. The van der Waals surface area contributed by atoms with Crippen molar-refractivity contribution in [2.75, 3.05) is 0 Å². The maximum absolute atomic E-state index is 8.78. The number of benzene rings is 2. The van der Waals surface area contributed by atoms with Crippen molar-refractivity contribution in [2.45, 2.75) is 6.54 Å². The molecule has 0 bridgehead atoms. The lowest BCUT2D eigenvalue weighted by atomic mass is 10.1. The van der Waals surface area contributed by atoms with Gasteiger partial charge in [-0.3, -0.25) is 0 Å². The van der Waals surface area contributed by atoms with Gasteiger partial charge in [-0.05, 0) is 35.9 Å². The first kappa shape index (κ1) is 11.8. The van der Waals surface area contributed by atoms with Crippen LogP contribution in [-0.4, -0.2) is 9.55 Å². The standard InChI is InChI=1S/C15H10ClN3/c16-13-5-6-14-15(7-13)19(10-18-14)9-12-3-1-11(8-17)2-4-12/h1-7,10H,9H2. The summed E-state index contributed by atoms with van der Waals surface area (Å²) >= 11 is 6.01. The monoisotopic (exact) mass is 267 g/mol. The molecule has 0 spiro atoms. The molecule has 0 radical (unpaired) electrons. The highest BCUT2D eigenvalue weighted by Crippen LogP contribution is 2.19. The Morgan fingerprint density at radius 2 is 1.95 bits per heavy atom. The molecule has 0 saturated carbocycles. The van der Waals surface area contributed by atoms with Crippen LogP contribution in [0.2, 0.25) is 5.02 Å². The third kappa shape index (κ3) is 2.31. The highest BCUT2D eigenvalue weighted by atomic mass is 35.5. The van der Waals surface area contributed by atoms with E-state index in [-0.39, 0.29) is 0 Å². The third-order valence-electron chi connectivity index (χ3n) is 3.02. The Morgan fingerprint density at radius 1 is 1.16 bits per heavy atom. The van der Waals surface area contributed by atoms with E-state index < -0.39 is 0 Å². The second-order valence-corrected chi connectivity index (χ2v) is 4.75. The van der Waals surface area contributed by atoms with Crippen molar-refractivity contribution < 1.29 is 0 Å². The fraction of sp³-hybridized carbons (Fsp3) is 0.0667. The Hall–Kier alpha value is -2.31.